The standard InChI is InChI=1S/C14H23N3O4/c1-10(18)15-8-11-2-6-17(7-3-11)13(21)16-9-14(4-5-14)12(19)20/h11H,2-9H2,1H3,(H,15,18)(H,16,21)(H,19,20). The third-order valence-corrected chi connectivity index (χ3v) is 4.43. The maximum Gasteiger partial charge on any atom is 0.317 e. The molecule has 118 valence electrons. The molecule has 1 aliphatic carbocycles. The summed E-state index contributed by atoms with van der Waals surface area (Å²) in [5.41, 5.74) is -0.723. The number of amides is 3. The Bertz CT molecular complexity index is 426. The molecule has 21 heavy (non-hydrogen) atoms. The van der Waals surface area contributed by atoms with E-state index >= 15 is 0 Å². The first-order valence-corrected chi connectivity index (χ1v) is 7.43. The van der Waals surface area contributed by atoms with Gasteiger partial charge in [-0.15, -0.1) is 0 Å². The van der Waals surface area contributed by atoms with E-state index in [1.807, 2.05) is 0 Å². The summed E-state index contributed by atoms with van der Waals surface area (Å²) in [7, 11) is 0. The quantitative estimate of drug-likeness (QED) is 0.684. The van der Waals surface area contributed by atoms with Crippen LogP contribution in [0.15, 0.2) is 0 Å². The number of carboxylic acids is 1. The number of urea groups is 1. The zero-order valence-corrected chi connectivity index (χ0v) is 12.4. The molecule has 3 N–H and O–H groups in total. The number of piperidine rings is 1. The predicted molar refractivity (Wildman–Crippen MR) is 75.7 cm³/mol. The van der Waals surface area contributed by atoms with Crippen molar-refractivity contribution in [1.82, 2.24) is 15.5 Å². The lowest BCUT2D eigenvalue weighted by Gasteiger charge is -2.32. The maximum atomic E-state index is 12.0. The SMILES string of the molecule is CC(=O)NCC1CCN(C(=O)NCC2(C(=O)O)CC2)CC1. The minimum Gasteiger partial charge on any atom is -0.481 e. The van der Waals surface area contributed by atoms with Gasteiger partial charge in [-0.25, -0.2) is 4.79 Å². The van der Waals surface area contributed by atoms with Crippen molar-refractivity contribution in [2.75, 3.05) is 26.2 Å². The first-order chi connectivity index (χ1) is 9.93. The summed E-state index contributed by atoms with van der Waals surface area (Å²) in [4.78, 5) is 35.7. The van der Waals surface area contributed by atoms with E-state index in [4.69, 9.17) is 5.11 Å². The van der Waals surface area contributed by atoms with Crippen LogP contribution in [0, 0.1) is 11.3 Å². The monoisotopic (exact) mass is 297 g/mol. The lowest BCUT2D eigenvalue weighted by Crippen LogP contribution is -2.47. The van der Waals surface area contributed by atoms with E-state index < -0.39 is 11.4 Å². The number of likely N-dealkylation sites (tertiary alicyclic amines) is 1. The highest BCUT2D eigenvalue weighted by molar-refractivity contribution is 5.80. The number of nitrogens with one attached hydrogen (secondary N) is 2. The molecule has 0 bridgehead atoms. The van der Waals surface area contributed by atoms with E-state index in [2.05, 4.69) is 10.6 Å². The predicted octanol–water partition coefficient (Wildman–Crippen LogP) is 0.409. The molecule has 1 saturated heterocycles. The molecule has 0 aromatic carbocycles. The normalized spacial score (nSPS) is 20.7. The van der Waals surface area contributed by atoms with Gasteiger partial charge < -0.3 is 20.6 Å². The maximum absolute atomic E-state index is 12.0. The van der Waals surface area contributed by atoms with Gasteiger partial charge in [0, 0.05) is 33.1 Å². The average molecular weight is 297 g/mol. The highest BCUT2D eigenvalue weighted by atomic mass is 16.4. The molecule has 2 aliphatic rings. The molecule has 0 unspecified atom stereocenters. The summed E-state index contributed by atoms with van der Waals surface area (Å²) in [6.07, 6.45) is 3.00. The van der Waals surface area contributed by atoms with Crippen LogP contribution in [0.2, 0.25) is 0 Å². The molecule has 2 fully saturated rings. The molecule has 0 atom stereocenters. The minimum absolute atomic E-state index is 0.0291. The number of rotatable bonds is 5. The van der Waals surface area contributed by atoms with Gasteiger partial charge in [0.05, 0.1) is 5.41 Å². The van der Waals surface area contributed by atoms with E-state index in [1.165, 1.54) is 6.92 Å². The Morgan fingerprint density at radius 3 is 2.29 bits per heavy atom. The van der Waals surface area contributed by atoms with E-state index in [-0.39, 0.29) is 18.5 Å². The van der Waals surface area contributed by atoms with Crippen LogP contribution in [-0.2, 0) is 9.59 Å². The van der Waals surface area contributed by atoms with Gasteiger partial charge in [-0.05, 0) is 31.6 Å². The van der Waals surface area contributed by atoms with Crippen LogP contribution in [0.25, 0.3) is 0 Å². The summed E-state index contributed by atoms with van der Waals surface area (Å²) in [6, 6.07) is -0.180. The van der Waals surface area contributed by atoms with Crippen molar-refractivity contribution in [3.63, 3.8) is 0 Å². The Balaban J connectivity index is 1.68. The lowest BCUT2D eigenvalue weighted by atomic mass is 9.97. The van der Waals surface area contributed by atoms with Crippen LogP contribution in [0.4, 0.5) is 4.79 Å². The molecule has 0 spiro atoms. The van der Waals surface area contributed by atoms with Crippen molar-refractivity contribution in [1.29, 1.82) is 0 Å². The zero-order chi connectivity index (χ0) is 15.5. The highest BCUT2D eigenvalue weighted by Crippen LogP contribution is 2.45. The summed E-state index contributed by atoms with van der Waals surface area (Å²) in [5.74, 6) is -0.442. The van der Waals surface area contributed by atoms with Crippen LogP contribution in [0.3, 0.4) is 0 Å². The van der Waals surface area contributed by atoms with Crippen LogP contribution < -0.4 is 10.6 Å². The van der Waals surface area contributed by atoms with Crippen molar-refractivity contribution >= 4 is 17.9 Å². The Morgan fingerprint density at radius 2 is 1.81 bits per heavy atom. The molecular formula is C14H23N3O4. The van der Waals surface area contributed by atoms with E-state index in [0.29, 0.717) is 38.4 Å². The lowest BCUT2D eigenvalue weighted by molar-refractivity contribution is -0.143. The van der Waals surface area contributed by atoms with Gasteiger partial charge in [0.2, 0.25) is 5.91 Å². The minimum atomic E-state index is -0.822. The second kappa shape index (κ2) is 6.32. The molecule has 2 rings (SSSR count). The van der Waals surface area contributed by atoms with Crippen LogP contribution in [0.1, 0.15) is 32.6 Å². The highest BCUT2D eigenvalue weighted by Gasteiger charge is 2.50. The number of aliphatic carboxylic acids is 1. The number of carbonyl (C=O) groups is 3. The van der Waals surface area contributed by atoms with Gasteiger partial charge in [-0.2, -0.15) is 0 Å². The molecule has 3 amide bonds. The van der Waals surface area contributed by atoms with Crippen LogP contribution >= 0.6 is 0 Å². The molecule has 1 aliphatic heterocycles. The number of carbonyl (C=O) groups excluding carboxylic acids is 2. The van der Waals surface area contributed by atoms with Crippen molar-refractivity contribution in [3.8, 4) is 0 Å². The molecule has 1 heterocycles. The molecule has 1 saturated carbocycles. The number of hydrogen-bond donors (Lipinski definition) is 3. The molecule has 0 radical (unpaired) electrons. The Labute approximate surface area is 124 Å². The average Bonchev–Trinajstić information content (AvgIpc) is 3.24. The van der Waals surface area contributed by atoms with Crippen molar-refractivity contribution in [2.24, 2.45) is 11.3 Å². The summed E-state index contributed by atoms with van der Waals surface area (Å²) >= 11 is 0. The first kappa shape index (κ1) is 15.6. The number of carboxylic acid groups (broad SMARTS) is 1. The summed E-state index contributed by atoms with van der Waals surface area (Å²) < 4.78 is 0. The van der Waals surface area contributed by atoms with E-state index in [0.717, 1.165) is 12.8 Å². The second-order valence-corrected chi connectivity index (χ2v) is 6.11. The van der Waals surface area contributed by atoms with Gasteiger partial charge in [0.1, 0.15) is 0 Å². The Hall–Kier alpha value is -1.79. The van der Waals surface area contributed by atoms with Crippen LogP contribution in [-0.4, -0.2) is 54.1 Å². The Kier molecular flexibility index (Phi) is 4.69. The molecule has 7 nitrogen and oxygen atoms in total. The van der Waals surface area contributed by atoms with Gasteiger partial charge in [-0.1, -0.05) is 0 Å². The second-order valence-electron chi connectivity index (χ2n) is 6.11. The van der Waals surface area contributed by atoms with E-state index in [9.17, 15) is 14.4 Å². The fraction of sp³-hybridized carbons (Fsp3) is 0.786. The third kappa shape index (κ3) is 4.09. The molecule has 0 aromatic rings. The van der Waals surface area contributed by atoms with Gasteiger partial charge in [0.25, 0.3) is 0 Å². The van der Waals surface area contributed by atoms with Gasteiger partial charge in [-0.3, -0.25) is 9.59 Å². The van der Waals surface area contributed by atoms with Crippen molar-refractivity contribution in [2.45, 2.75) is 32.6 Å². The fourth-order valence-electron chi connectivity index (χ4n) is 2.60. The van der Waals surface area contributed by atoms with Crippen LogP contribution in [0.5, 0.6) is 0 Å². The molecule has 7 heteroatoms. The first-order valence-electron chi connectivity index (χ1n) is 7.43. The third-order valence-electron chi connectivity index (χ3n) is 4.43. The van der Waals surface area contributed by atoms with E-state index in [1.54, 1.807) is 4.90 Å². The van der Waals surface area contributed by atoms with Crippen molar-refractivity contribution in [3.05, 3.63) is 0 Å². The summed E-state index contributed by atoms with van der Waals surface area (Å²) in [6.45, 7) is 3.67. The molecular weight excluding hydrogens is 274 g/mol. The van der Waals surface area contributed by atoms with Gasteiger partial charge >= 0.3 is 12.0 Å². The van der Waals surface area contributed by atoms with Crippen molar-refractivity contribution < 1.29 is 19.5 Å². The zero-order valence-electron chi connectivity index (χ0n) is 12.4. The topological polar surface area (TPSA) is 98.7 Å². The molecule has 0 aromatic heterocycles. The largest absolute Gasteiger partial charge is 0.481 e. The smallest absolute Gasteiger partial charge is 0.317 e. The van der Waals surface area contributed by atoms with Gasteiger partial charge in [0.15, 0.2) is 0 Å². The number of nitrogens with zero attached hydrogens (tertiary/aromatic N) is 1. The summed E-state index contributed by atoms with van der Waals surface area (Å²) in [5, 5.41) is 14.6. The Morgan fingerprint density at radius 1 is 1.19 bits per heavy atom. The number of hydrogen-bond acceptors (Lipinski definition) is 3. The fourth-order valence-corrected chi connectivity index (χ4v) is 2.60.